The maximum absolute atomic E-state index is 11.0. The zero-order chi connectivity index (χ0) is 11.5. The summed E-state index contributed by atoms with van der Waals surface area (Å²) in [6.45, 7) is 1.83. The summed E-state index contributed by atoms with van der Waals surface area (Å²) >= 11 is 0. The summed E-state index contributed by atoms with van der Waals surface area (Å²) < 4.78 is 0. The van der Waals surface area contributed by atoms with E-state index in [0.717, 1.165) is 5.69 Å². The predicted molar refractivity (Wildman–Crippen MR) is 59.2 cm³/mol. The van der Waals surface area contributed by atoms with E-state index in [4.69, 9.17) is 5.11 Å². The molecule has 0 unspecified atom stereocenters. The van der Waals surface area contributed by atoms with Gasteiger partial charge in [-0.05, 0) is 13.0 Å². The Kier molecular flexibility index (Phi) is 2.64. The van der Waals surface area contributed by atoms with Crippen LogP contribution in [-0.2, 0) is 0 Å². The SMILES string of the molecule is Cc1cnc(-c2ccccc2C(=O)O)cn1. The number of carboxylic acids is 1. The van der Waals surface area contributed by atoms with Gasteiger partial charge in [-0.1, -0.05) is 18.2 Å². The molecule has 0 aliphatic rings. The number of carbonyl (C=O) groups is 1. The molecule has 1 aromatic carbocycles. The lowest BCUT2D eigenvalue weighted by molar-refractivity contribution is 0.0697. The molecule has 0 aliphatic heterocycles. The van der Waals surface area contributed by atoms with E-state index in [1.807, 2.05) is 6.92 Å². The van der Waals surface area contributed by atoms with E-state index in [1.54, 1.807) is 36.7 Å². The van der Waals surface area contributed by atoms with Crippen molar-refractivity contribution in [1.82, 2.24) is 9.97 Å². The molecule has 4 nitrogen and oxygen atoms in total. The second-order valence-electron chi connectivity index (χ2n) is 3.39. The zero-order valence-electron chi connectivity index (χ0n) is 8.71. The molecule has 0 saturated carbocycles. The Bertz CT molecular complexity index is 521. The van der Waals surface area contributed by atoms with Crippen molar-refractivity contribution >= 4 is 5.97 Å². The second kappa shape index (κ2) is 4.10. The smallest absolute Gasteiger partial charge is 0.336 e. The fraction of sp³-hybridized carbons (Fsp3) is 0.0833. The Hall–Kier alpha value is -2.23. The summed E-state index contributed by atoms with van der Waals surface area (Å²) in [4.78, 5) is 19.3. The van der Waals surface area contributed by atoms with Gasteiger partial charge in [0.25, 0.3) is 0 Å². The third-order valence-corrected chi connectivity index (χ3v) is 2.21. The van der Waals surface area contributed by atoms with Gasteiger partial charge in [0.1, 0.15) is 0 Å². The molecule has 4 heteroatoms. The molecule has 0 saturated heterocycles. The zero-order valence-corrected chi connectivity index (χ0v) is 8.71. The number of hydrogen-bond acceptors (Lipinski definition) is 3. The highest BCUT2D eigenvalue weighted by atomic mass is 16.4. The first-order valence-electron chi connectivity index (χ1n) is 4.80. The minimum atomic E-state index is -0.960. The summed E-state index contributed by atoms with van der Waals surface area (Å²) in [5.74, 6) is -0.960. The van der Waals surface area contributed by atoms with Crippen LogP contribution in [0.5, 0.6) is 0 Å². The Morgan fingerprint density at radius 3 is 2.56 bits per heavy atom. The topological polar surface area (TPSA) is 63.1 Å². The highest BCUT2D eigenvalue weighted by Gasteiger charge is 2.11. The fourth-order valence-electron chi connectivity index (χ4n) is 1.42. The van der Waals surface area contributed by atoms with Gasteiger partial charge in [-0.15, -0.1) is 0 Å². The van der Waals surface area contributed by atoms with Crippen molar-refractivity contribution in [3.8, 4) is 11.3 Å². The molecule has 0 atom stereocenters. The first-order valence-corrected chi connectivity index (χ1v) is 4.80. The van der Waals surface area contributed by atoms with E-state index in [9.17, 15) is 4.79 Å². The third-order valence-electron chi connectivity index (χ3n) is 2.21. The lowest BCUT2D eigenvalue weighted by Crippen LogP contribution is -2.00. The Morgan fingerprint density at radius 2 is 1.94 bits per heavy atom. The van der Waals surface area contributed by atoms with Crippen molar-refractivity contribution < 1.29 is 9.90 Å². The van der Waals surface area contributed by atoms with Gasteiger partial charge in [-0.2, -0.15) is 0 Å². The van der Waals surface area contributed by atoms with Crippen LogP contribution in [0, 0.1) is 6.92 Å². The van der Waals surface area contributed by atoms with Gasteiger partial charge in [-0.25, -0.2) is 4.79 Å². The first-order chi connectivity index (χ1) is 7.68. The molecular formula is C12H10N2O2. The molecule has 80 valence electrons. The molecule has 1 heterocycles. The standard InChI is InChI=1S/C12H10N2O2/c1-8-6-14-11(7-13-8)9-4-2-3-5-10(9)12(15)16/h2-7H,1H3,(H,15,16). The number of aryl methyl sites for hydroxylation is 1. The van der Waals surface area contributed by atoms with Crippen LogP contribution in [0.1, 0.15) is 16.1 Å². The predicted octanol–water partition coefficient (Wildman–Crippen LogP) is 2.15. The molecular weight excluding hydrogens is 204 g/mol. The monoisotopic (exact) mass is 214 g/mol. The Balaban J connectivity index is 2.55. The number of nitrogens with zero attached hydrogens (tertiary/aromatic N) is 2. The molecule has 16 heavy (non-hydrogen) atoms. The van der Waals surface area contributed by atoms with Crippen LogP contribution in [0.2, 0.25) is 0 Å². The number of aromatic carboxylic acids is 1. The summed E-state index contributed by atoms with van der Waals surface area (Å²) in [5.41, 5.74) is 2.20. The van der Waals surface area contributed by atoms with E-state index in [-0.39, 0.29) is 5.56 Å². The number of benzene rings is 1. The lowest BCUT2D eigenvalue weighted by Gasteiger charge is -2.04. The lowest BCUT2D eigenvalue weighted by atomic mass is 10.1. The quantitative estimate of drug-likeness (QED) is 0.831. The van der Waals surface area contributed by atoms with Crippen molar-refractivity contribution in [2.24, 2.45) is 0 Å². The molecule has 2 aromatic rings. The van der Waals surface area contributed by atoms with E-state index in [0.29, 0.717) is 11.3 Å². The van der Waals surface area contributed by atoms with E-state index < -0.39 is 5.97 Å². The van der Waals surface area contributed by atoms with Crippen LogP contribution in [-0.4, -0.2) is 21.0 Å². The molecule has 0 spiro atoms. The van der Waals surface area contributed by atoms with Crippen molar-refractivity contribution in [1.29, 1.82) is 0 Å². The third kappa shape index (κ3) is 1.91. The van der Waals surface area contributed by atoms with Gasteiger partial charge < -0.3 is 5.11 Å². The van der Waals surface area contributed by atoms with Crippen molar-refractivity contribution in [2.75, 3.05) is 0 Å². The molecule has 1 N–H and O–H groups in total. The van der Waals surface area contributed by atoms with Crippen LogP contribution in [0.3, 0.4) is 0 Å². The molecule has 2 rings (SSSR count). The minimum Gasteiger partial charge on any atom is -0.478 e. The normalized spacial score (nSPS) is 10.1. The summed E-state index contributed by atoms with van der Waals surface area (Å²) in [7, 11) is 0. The fourth-order valence-corrected chi connectivity index (χ4v) is 1.42. The molecule has 0 amide bonds. The van der Waals surface area contributed by atoms with E-state index >= 15 is 0 Å². The van der Waals surface area contributed by atoms with Crippen molar-refractivity contribution in [3.63, 3.8) is 0 Å². The van der Waals surface area contributed by atoms with Gasteiger partial charge in [0, 0.05) is 11.8 Å². The Labute approximate surface area is 92.6 Å². The van der Waals surface area contributed by atoms with Crippen molar-refractivity contribution in [2.45, 2.75) is 6.92 Å². The maximum atomic E-state index is 11.0. The maximum Gasteiger partial charge on any atom is 0.336 e. The van der Waals surface area contributed by atoms with Gasteiger partial charge in [0.05, 0.1) is 23.1 Å². The van der Waals surface area contributed by atoms with Crippen LogP contribution in [0.4, 0.5) is 0 Å². The molecule has 0 fully saturated rings. The molecule has 0 bridgehead atoms. The highest BCUT2D eigenvalue weighted by Crippen LogP contribution is 2.20. The minimum absolute atomic E-state index is 0.237. The molecule has 0 aliphatic carbocycles. The number of aromatic nitrogens is 2. The van der Waals surface area contributed by atoms with Crippen LogP contribution >= 0.6 is 0 Å². The summed E-state index contributed by atoms with van der Waals surface area (Å²) in [6.07, 6.45) is 3.20. The molecule has 1 aromatic heterocycles. The largest absolute Gasteiger partial charge is 0.478 e. The Morgan fingerprint density at radius 1 is 1.19 bits per heavy atom. The van der Waals surface area contributed by atoms with E-state index in [1.165, 1.54) is 0 Å². The highest BCUT2D eigenvalue weighted by molar-refractivity contribution is 5.95. The average Bonchev–Trinajstić information content (AvgIpc) is 2.30. The van der Waals surface area contributed by atoms with Crippen LogP contribution in [0.25, 0.3) is 11.3 Å². The number of carboxylic acid groups (broad SMARTS) is 1. The van der Waals surface area contributed by atoms with Crippen LogP contribution < -0.4 is 0 Å². The first kappa shape index (κ1) is 10.3. The summed E-state index contributed by atoms with van der Waals surface area (Å²) in [6, 6.07) is 6.75. The van der Waals surface area contributed by atoms with Gasteiger partial charge in [0.15, 0.2) is 0 Å². The van der Waals surface area contributed by atoms with E-state index in [2.05, 4.69) is 9.97 Å². The number of hydrogen-bond donors (Lipinski definition) is 1. The second-order valence-corrected chi connectivity index (χ2v) is 3.39. The average molecular weight is 214 g/mol. The number of rotatable bonds is 2. The van der Waals surface area contributed by atoms with Gasteiger partial charge in [0.2, 0.25) is 0 Å². The van der Waals surface area contributed by atoms with Gasteiger partial charge in [-0.3, -0.25) is 9.97 Å². The summed E-state index contributed by atoms with van der Waals surface area (Å²) in [5, 5.41) is 9.03. The van der Waals surface area contributed by atoms with Crippen molar-refractivity contribution in [3.05, 3.63) is 47.9 Å². The van der Waals surface area contributed by atoms with Crippen LogP contribution in [0.15, 0.2) is 36.7 Å². The molecule has 0 radical (unpaired) electrons. The van der Waals surface area contributed by atoms with Gasteiger partial charge >= 0.3 is 5.97 Å².